The minimum atomic E-state index is -0.510. The molecule has 4 aromatic rings. The Labute approximate surface area is 220 Å². The van der Waals surface area contributed by atoms with Gasteiger partial charge in [-0.05, 0) is 132 Å². The molecule has 5 rings (SSSR count). The molecule has 0 amide bonds. The first-order valence-corrected chi connectivity index (χ1v) is 14.0. The van der Waals surface area contributed by atoms with Crippen LogP contribution in [0.4, 0.5) is 0 Å². The molecule has 0 bridgehead atoms. The SMILES string of the molecule is Ic1cc(I)c(COc2ccc([SH]3c4ccccc4-c4ccccc43)cc2)c(I)c1. The van der Waals surface area contributed by atoms with Crippen LogP contribution in [0.2, 0.25) is 0 Å². The molecular formula is C25H17I3OS. The quantitative estimate of drug-likeness (QED) is 0.143. The van der Waals surface area contributed by atoms with E-state index in [-0.39, 0.29) is 0 Å². The molecule has 0 fully saturated rings. The summed E-state index contributed by atoms with van der Waals surface area (Å²) in [5.41, 5.74) is 4.01. The van der Waals surface area contributed by atoms with Crippen molar-refractivity contribution in [1.82, 2.24) is 0 Å². The van der Waals surface area contributed by atoms with Gasteiger partial charge in [-0.2, -0.15) is 10.9 Å². The Kier molecular flexibility index (Phi) is 6.32. The summed E-state index contributed by atoms with van der Waals surface area (Å²) >= 11 is 7.16. The third-order valence-corrected chi connectivity index (χ3v) is 10.3. The van der Waals surface area contributed by atoms with Crippen LogP contribution in [0, 0.1) is 10.7 Å². The van der Waals surface area contributed by atoms with Gasteiger partial charge in [0.15, 0.2) is 0 Å². The monoisotopic (exact) mass is 746 g/mol. The van der Waals surface area contributed by atoms with Crippen molar-refractivity contribution in [2.45, 2.75) is 21.3 Å². The van der Waals surface area contributed by atoms with E-state index < -0.39 is 10.9 Å². The van der Waals surface area contributed by atoms with E-state index in [0.29, 0.717) is 6.61 Å². The highest BCUT2D eigenvalue weighted by Crippen LogP contribution is 2.62. The van der Waals surface area contributed by atoms with E-state index in [1.807, 2.05) is 0 Å². The van der Waals surface area contributed by atoms with Crippen molar-refractivity contribution in [2.24, 2.45) is 0 Å². The summed E-state index contributed by atoms with van der Waals surface area (Å²) in [6.07, 6.45) is 0. The zero-order chi connectivity index (χ0) is 20.7. The molecule has 1 aliphatic heterocycles. The lowest BCUT2D eigenvalue weighted by atomic mass is 10.1. The lowest BCUT2D eigenvalue weighted by Crippen LogP contribution is -2.01. The van der Waals surface area contributed by atoms with Crippen molar-refractivity contribution in [3.8, 4) is 16.9 Å². The Hall–Kier alpha value is -0.780. The van der Waals surface area contributed by atoms with Crippen LogP contribution < -0.4 is 4.74 Å². The molecule has 0 atom stereocenters. The molecule has 150 valence electrons. The molecule has 0 radical (unpaired) electrons. The highest BCUT2D eigenvalue weighted by atomic mass is 127. The van der Waals surface area contributed by atoms with Crippen LogP contribution in [-0.4, -0.2) is 0 Å². The molecule has 0 aliphatic carbocycles. The molecule has 0 unspecified atom stereocenters. The maximum Gasteiger partial charge on any atom is 0.119 e. The van der Waals surface area contributed by atoms with Crippen molar-refractivity contribution in [1.29, 1.82) is 0 Å². The number of halogens is 3. The normalized spacial score (nSPS) is 13.1. The predicted molar refractivity (Wildman–Crippen MR) is 151 cm³/mol. The Morgan fingerprint density at radius 2 is 1.20 bits per heavy atom. The van der Waals surface area contributed by atoms with E-state index in [1.54, 1.807) is 0 Å². The summed E-state index contributed by atoms with van der Waals surface area (Å²) in [7, 11) is -0.510. The van der Waals surface area contributed by atoms with E-state index in [4.69, 9.17) is 4.74 Å². The molecule has 5 heteroatoms. The lowest BCUT2D eigenvalue weighted by molar-refractivity contribution is 0.304. The number of rotatable bonds is 4. The van der Waals surface area contributed by atoms with Crippen LogP contribution in [-0.2, 0) is 6.61 Å². The van der Waals surface area contributed by atoms with Crippen molar-refractivity contribution in [3.05, 3.63) is 101 Å². The van der Waals surface area contributed by atoms with Gasteiger partial charge in [0, 0.05) is 26.1 Å². The van der Waals surface area contributed by atoms with Crippen LogP contribution >= 0.6 is 78.7 Å². The van der Waals surface area contributed by atoms with E-state index in [0.717, 1.165) is 5.75 Å². The summed E-state index contributed by atoms with van der Waals surface area (Å²) < 4.78 is 9.91. The lowest BCUT2D eigenvalue weighted by Gasteiger charge is -2.19. The van der Waals surface area contributed by atoms with Gasteiger partial charge >= 0.3 is 0 Å². The topological polar surface area (TPSA) is 9.23 Å². The number of hydrogen-bond donors (Lipinski definition) is 1. The van der Waals surface area contributed by atoms with E-state index >= 15 is 0 Å². The molecule has 1 nitrogen and oxygen atoms in total. The van der Waals surface area contributed by atoms with Gasteiger partial charge in [-0.25, -0.2) is 0 Å². The van der Waals surface area contributed by atoms with Gasteiger partial charge in [0.25, 0.3) is 0 Å². The number of benzene rings is 4. The Bertz CT molecular complexity index is 1170. The van der Waals surface area contributed by atoms with Crippen molar-refractivity contribution >= 4 is 78.7 Å². The maximum atomic E-state index is 6.15. The minimum absolute atomic E-state index is 0.510. The Morgan fingerprint density at radius 3 is 1.77 bits per heavy atom. The van der Waals surface area contributed by atoms with Crippen LogP contribution in [0.25, 0.3) is 11.1 Å². The third kappa shape index (κ3) is 4.02. The first kappa shape index (κ1) is 21.1. The number of thiol groups is 1. The van der Waals surface area contributed by atoms with Crippen molar-refractivity contribution in [3.63, 3.8) is 0 Å². The fourth-order valence-electron chi connectivity index (χ4n) is 3.76. The first-order valence-electron chi connectivity index (χ1n) is 9.46. The van der Waals surface area contributed by atoms with E-state index in [2.05, 4.69) is 153 Å². The van der Waals surface area contributed by atoms with Crippen molar-refractivity contribution in [2.75, 3.05) is 0 Å². The van der Waals surface area contributed by atoms with E-state index in [9.17, 15) is 0 Å². The second kappa shape index (κ2) is 8.99. The average molecular weight is 746 g/mol. The number of ether oxygens (including phenoxy) is 1. The summed E-state index contributed by atoms with van der Waals surface area (Å²) in [6.45, 7) is 0.591. The summed E-state index contributed by atoms with van der Waals surface area (Å²) in [5, 5.41) is 0. The molecule has 0 saturated carbocycles. The molecule has 0 N–H and O–H groups in total. The van der Waals surface area contributed by atoms with Crippen molar-refractivity contribution < 1.29 is 4.74 Å². The van der Waals surface area contributed by atoms with Crippen LogP contribution in [0.5, 0.6) is 5.75 Å². The Balaban J connectivity index is 1.41. The standard InChI is InChI=1S/C25H17I3OS/c26-16-13-22(27)21(23(28)14-16)15-29-17-9-11-18(12-10-17)30-24-7-3-1-5-19(24)20-6-2-4-8-25(20)30/h1-14,30H,15H2. The highest BCUT2D eigenvalue weighted by molar-refractivity contribution is 14.1. The maximum absolute atomic E-state index is 6.15. The zero-order valence-electron chi connectivity index (χ0n) is 15.8. The number of fused-ring (bicyclic) bond motifs is 3. The largest absolute Gasteiger partial charge is 0.489 e. The Morgan fingerprint density at radius 1 is 0.667 bits per heavy atom. The molecule has 1 heterocycles. The fraction of sp³-hybridized carbons (Fsp3) is 0.0400. The molecule has 0 saturated heterocycles. The highest BCUT2D eigenvalue weighted by Gasteiger charge is 2.26. The van der Waals surface area contributed by atoms with E-state index in [1.165, 1.54) is 42.1 Å². The molecule has 0 spiro atoms. The summed E-state index contributed by atoms with van der Waals surface area (Å²) in [6, 6.07) is 30.8. The predicted octanol–water partition coefficient (Wildman–Crippen LogP) is 8.54. The van der Waals surface area contributed by atoms with Gasteiger partial charge in [0.1, 0.15) is 12.4 Å². The first-order chi connectivity index (χ1) is 14.6. The average Bonchev–Trinajstić information content (AvgIpc) is 3.08. The van der Waals surface area contributed by atoms with Crippen LogP contribution in [0.15, 0.2) is 99.6 Å². The van der Waals surface area contributed by atoms with Gasteiger partial charge < -0.3 is 4.74 Å². The molecule has 4 aromatic carbocycles. The second-order valence-corrected chi connectivity index (χ2v) is 12.7. The van der Waals surface area contributed by atoms with Crippen LogP contribution in [0.1, 0.15) is 5.56 Å². The van der Waals surface area contributed by atoms with Crippen LogP contribution in [0.3, 0.4) is 0 Å². The second-order valence-electron chi connectivity index (χ2n) is 7.00. The number of hydrogen-bond acceptors (Lipinski definition) is 1. The summed E-state index contributed by atoms with van der Waals surface area (Å²) in [5.74, 6) is 0.916. The minimum Gasteiger partial charge on any atom is -0.489 e. The zero-order valence-corrected chi connectivity index (χ0v) is 23.1. The molecule has 1 aliphatic rings. The summed E-state index contributed by atoms with van der Waals surface area (Å²) in [4.78, 5) is 4.27. The molecular weight excluding hydrogens is 729 g/mol. The van der Waals surface area contributed by atoms with Gasteiger partial charge in [-0.1, -0.05) is 36.4 Å². The van der Waals surface area contributed by atoms with Gasteiger partial charge in [-0.15, -0.1) is 0 Å². The fourth-order valence-corrected chi connectivity index (χ4v) is 10.3. The van der Waals surface area contributed by atoms with Gasteiger partial charge in [-0.3, -0.25) is 0 Å². The van der Waals surface area contributed by atoms with Gasteiger partial charge in [0.05, 0.1) is 0 Å². The molecule has 0 aromatic heterocycles. The third-order valence-electron chi connectivity index (χ3n) is 5.16. The molecule has 30 heavy (non-hydrogen) atoms. The van der Waals surface area contributed by atoms with Gasteiger partial charge in [0.2, 0.25) is 0 Å². The smallest absolute Gasteiger partial charge is 0.119 e.